The SMILES string of the molecule is COCCCOCCNc1cccc(Br)c1COC. The van der Waals surface area contributed by atoms with Crippen LogP contribution in [0, 0.1) is 0 Å². The van der Waals surface area contributed by atoms with Gasteiger partial charge in [0, 0.05) is 49.7 Å². The lowest BCUT2D eigenvalue weighted by molar-refractivity contribution is 0.109. The second-order valence-corrected chi connectivity index (χ2v) is 4.94. The Hall–Kier alpha value is -0.620. The van der Waals surface area contributed by atoms with Crippen molar-refractivity contribution in [2.24, 2.45) is 0 Å². The Kier molecular flexibility index (Phi) is 8.82. The average Bonchev–Trinajstić information content (AvgIpc) is 2.41. The van der Waals surface area contributed by atoms with Crippen LogP contribution >= 0.6 is 15.9 Å². The molecule has 0 atom stereocenters. The summed E-state index contributed by atoms with van der Waals surface area (Å²) in [7, 11) is 3.40. The predicted octanol–water partition coefficient (Wildman–Crippen LogP) is 3.06. The van der Waals surface area contributed by atoms with Crippen molar-refractivity contribution >= 4 is 21.6 Å². The highest BCUT2D eigenvalue weighted by atomic mass is 79.9. The third kappa shape index (κ3) is 6.38. The maximum atomic E-state index is 5.50. The molecule has 0 fully saturated rings. The van der Waals surface area contributed by atoms with Gasteiger partial charge >= 0.3 is 0 Å². The minimum atomic E-state index is 0.582. The molecule has 1 aromatic carbocycles. The second-order valence-electron chi connectivity index (χ2n) is 4.08. The number of benzene rings is 1. The number of halogens is 1. The Labute approximate surface area is 123 Å². The zero-order valence-electron chi connectivity index (χ0n) is 11.6. The van der Waals surface area contributed by atoms with Gasteiger partial charge in [-0.2, -0.15) is 0 Å². The van der Waals surface area contributed by atoms with Crippen LogP contribution in [0.25, 0.3) is 0 Å². The van der Waals surface area contributed by atoms with E-state index < -0.39 is 0 Å². The van der Waals surface area contributed by atoms with Crippen LogP contribution in [0.15, 0.2) is 22.7 Å². The fourth-order valence-electron chi connectivity index (χ4n) is 1.68. The Morgan fingerprint density at radius 2 is 1.95 bits per heavy atom. The molecular formula is C14H22BrNO3. The van der Waals surface area contributed by atoms with Gasteiger partial charge < -0.3 is 19.5 Å². The van der Waals surface area contributed by atoms with Gasteiger partial charge in [0.25, 0.3) is 0 Å². The Balaban J connectivity index is 2.30. The number of hydrogen-bond donors (Lipinski definition) is 1. The van der Waals surface area contributed by atoms with Crippen molar-refractivity contribution in [3.8, 4) is 0 Å². The molecule has 0 amide bonds. The zero-order valence-corrected chi connectivity index (χ0v) is 13.2. The van der Waals surface area contributed by atoms with Crippen molar-refractivity contribution in [1.82, 2.24) is 0 Å². The molecule has 0 spiro atoms. The van der Waals surface area contributed by atoms with E-state index in [1.54, 1.807) is 14.2 Å². The van der Waals surface area contributed by atoms with Gasteiger partial charge in [-0.05, 0) is 18.6 Å². The largest absolute Gasteiger partial charge is 0.385 e. The van der Waals surface area contributed by atoms with E-state index in [1.165, 1.54) is 0 Å². The lowest BCUT2D eigenvalue weighted by Crippen LogP contribution is -2.12. The van der Waals surface area contributed by atoms with Crippen LogP contribution in [0.2, 0.25) is 0 Å². The second kappa shape index (κ2) is 10.2. The van der Waals surface area contributed by atoms with Crippen molar-refractivity contribution in [2.75, 3.05) is 45.9 Å². The van der Waals surface area contributed by atoms with Crippen molar-refractivity contribution in [3.63, 3.8) is 0 Å². The van der Waals surface area contributed by atoms with E-state index >= 15 is 0 Å². The number of anilines is 1. The first-order valence-corrected chi connectivity index (χ1v) is 7.15. The smallest absolute Gasteiger partial charge is 0.0744 e. The third-order valence-electron chi connectivity index (χ3n) is 2.61. The quantitative estimate of drug-likeness (QED) is 0.669. The van der Waals surface area contributed by atoms with Gasteiger partial charge in [0.15, 0.2) is 0 Å². The van der Waals surface area contributed by atoms with Crippen molar-refractivity contribution in [3.05, 3.63) is 28.2 Å². The normalized spacial score (nSPS) is 10.7. The van der Waals surface area contributed by atoms with E-state index in [4.69, 9.17) is 14.2 Å². The van der Waals surface area contributed by atoms with E-state index in [2.05, 4.69) is 21.2 Å². The van der Waals surface area contributed by atoms with Crippen molar-refractivity contribution in [1.29, 1.82) is 0 Å². The zero-order chi connectivity index (χ0) is 13.9. The molecule has 0 saturated heterocycles. The standard InChI is InChI=1S/C14H22BrNO3/c1-17-8-4-9-19-10-7-16-14-6-3-5-13(15)12(14)11-18-2/h3,5-6,16H,4,7-11H2,1-2H3. The molecule has 0 aliphatic heterocycles. The summed E-state index contributed by atoms with van der Waals surface area (Å²) < 4.78 is 16.7. The van der Waals surface area contributed by atoms with Gasteiger partial charge in [-0.3, -0.25) is 0 Å². The van der Waals surface area contributed by atoms with Crippen LogP contribution in [0.4, 0.5) is 5.69 Å². The molecule has 4 nitrogen and oxygen atoms in total. The molecule has 1 N–H and O–H groups in total. The summed E-state index contributed by atoms with van der Waals surface area (Å²) in [5.41, 5.74) is 2.21. The van der Waals surface area contributed by atoms with Gasteiger partial charge in [0.1, 0.15) is 0 Å². The first-order chi connectivity index (χ1) is 9.29. The maximum absolute atomic E-state index is 5.50. The van der Waals surface area contributed by atoms with Gasteiger partial charge in [-0.15, -0.1) is 0 Å². The number of hydrogen-bond acceptors (Lipinski definition) is 4. The van der Waals surface area contributed by atoms with Crippen LogP contribution in [0.1, 0.15) is 12.0 Å². The summed E-state index contributed by atoms with van der Waals surface area (Å²) in [6.45, 7) is 3.53. The lowest BCUT2D eigenvalue weighted by Gasteiger charge is -2.13. The molecule has 0 unspecified atom stereocenters. The fourth-order valence-corrected chi connectivity index (χ4v) is 2.16. The van der Waals surface area contributed by atoms with Gasteiger partial charge in [0.05, 0.1) is 13.2 Å². The molecule has 0 radical (unpaired) electrons. The van der Waals surface area contributed by atoms with Gasteiger partial charge in [-0.1, -0.05) is 22.0 Å². The molecule has 0 aromatic heterocycles. The van der Waals surface area contributed by atoms with Crippen LogP contribution in [-0.2, 0) is 20.8 Å². The molecule has 19 heavy (non-hydrogen) atoms. The first kappa shape index (κ1) is 16.4. The highest BCUT2D eigenvalue weighted by Gasteiger charge is 2.05. The monoisotopic (exact) mass is 331 g/mol. The summed E-state index contributed by atoms with van der Waals surface area (Å²) in [5.74, 6) is 0. The highest BCUT2D eigenvalue weighted by Crippen LogP contribution is 2.25. The minimum absolute atomic E-state index is 0.582. The topological polar surface area (TPSA) is 39.7 Å². The first-order valence-electron chi connectivity index (χ1n) is 6.36. The van der Waals surface area contributed by atoms with E-state index in [1.807, 2.05) is 18.2 Å². The van der Waals surface area contributed by atoms with Crippen molar-refractivity contribution < 1.29 is 14.2 Å². The van der Waals surface area contributed by atoms with Crippen LogP contribution in [0.3, 0.4) is 0 Å². The minimum Gasteiger partial charge on any atom is -0.385 e. The number of rotatable bonds is 10. The summed E-state index contributed by atoms with van der Waals surface area (Å²) in [4.78, 5) is 0. The lowest BCUT2D eigenvalue weighted by atomic mass is 10.2. The molecule has 0 bridgehead atoms. The van der Waals surface area contributed by atoms with E-state index in [-0.39, 0.29) is 0 Å². The molecular weight excluding hydrogens is 310 g/mol. The molecule has 1 aromatic rings. The summed E-state index contributed by atoms with van der Waals surface area (Å²) in [6.07, 6.45) is 0.933. The van der Waals surface area contributed by atoms with Crippen LogP contribution in [0.5, 0.6) is 0 Å². The number of methoxy groups -OCH3 is 2. The van der Waals surface area contributed by atoms with E-state index in [0.29, 0.717) is 13.2 Å². The summed E-state index contributed by atoms with van der Waals surface area (Å²) >= 11 is 3.53. The third-order valence-corrected chi connectivity index (χ3v) is 3.35. The molecule has 0 heterocycles. The fraction of sp³-hybridized carbons (Fsp3) is 0.571. The Morgan fingerprint density at radius 1 is 1.11 bits per heavy atom. The summed E-state index contributed by atoms with van der Waals surface area (Å²) in [6, 6.07) is 6.07. The highest BCUT2D eigenvalue weighted by molar-refractivity contribution is 9.10. The van der Waals surface area contributed by atoms with Crippen LogP contribution in [-0.4, -0.2) is 40.6 Å². The number of ether oxygens (including phenoxy) is 3. The van der Waals surface area contributed by atoms with E-state index in [0.717, 1.165) is 41.9 Å². The Morgan fingerprint density at radius 3 is 2.68 bits per heavy atom. The Bertz CT molecular complexity index is 361. The molecule has 0 aliphatic rings. The molecule has 0 aliphatic carbocycles. The molecule has 1 rings (SSSR count). The van der Waals surface area contributed by atoms with Crippen LogP contribution < -0.4 is 5.32 Å². The summed E-state index contributed by atoms with van der Waals surface area (Å²) in [5, 5.41) is 3.36. The molecule has 108 valence electrons. The molecule has 0 saturated carbocycles. The van der Waals surface area contributed by atoms with Gasteiger partial charge in [-0.25, -0.2) is 0 Å². The van der Waals surface area contributed by atoms with E-state index in [9.17, 15) is 0 Å². The maximum Gasteiger partial charge on any atom is 0.0744 e. The predicted molar refractivity (Wildman–Crippen MR) is 80.7 cm³/mol. The number of nitrogens with one attached hydrogen (secondary N) is 1. The molecule has 5 heteroatoms. The average molecular weight is 332 g/mol. The van der Waals surface area contributed by atoms with Gasteiger partial charge in [0.2, 0.25) is 0 Å². The van der Waals surface area contributed by atoms with Crippen molar-refractivity contribution in [2.45, 2.75) is 13.0 Å².